The normalized spacial score (nSPS) is 11.0. The number of hydrogen-bond acceptors (Lipinski definition) is 6. The van der Waals surface area contributed by atoms with Gasteiger partial charge in [0.1, 0.15) is 6.07 Å². The Morgan fingerprint density at radius 3 is 2.82 bits per heavy atom. The summed E-state index contributed by atoms with van der Waals surface area (Å²) < 4.78 is 9.28. The van der Waals surface area contributed by atoms with Gasteiger partial charge in [0.25, 0.3) is 0 Å². The van der Waals surface area contributed by atoms with Crippen molar-refractivity contribution in [3.8, 4) is 17.5 Å². The van der Waals surface area contributed by atoms with E-state index in [9.17, 15) is 5.26 Å². The predicted molar refractivity (Wildman–Crippen MR) is 107 cm³/mol. The van der Waals surface area contributed by atoms with Gasteiger partial charge in [-0.2, -0.15) is 5.26 Å². The van der Waals surface area contributed by atoms with Gasteiger partial charge in [0.2, 0.25) is 0 Å². The third-order valence-electron chi connectivity index (χ3n) is 4.41. The minimum atomic E-state index is 0.559. The van der Waals surface area contributed by atoms with E-state index in [4.69, 9.17) is 4.74 Å². The average Bonchev–Trinajstić information content (AvgIpc) is 3.31. The SMILES string of the molecule is COCCn1c(SCc2cn3ccccc3c2C#N)nnc1-c1ccncc1. The number of nitrogens with zero attached hydrogens (tertiary/aromatic N) is 6. The molecule has 0 aliphatic carbocycles. The molecule has 0 aliphatic heterocycles. The van der Waals surface area contributed by atoms with E-state index in [-0.39, 0.29) is 0 Å². The number of thioether (sulfide) groups is 1. The molecule has 4 rings (SSSR count). The van der Waals surface area contributed by atoms with Crippen molar-refractivity contribution in [1.29, 1.82) is 5.26 Å². The fourth-order valence-corrected chi connectivity index (χ4v) is 3.99. The van der Waals surface area contributed by atoms with Gasteiger partial charge in [-0.25, -0.2) is 0 Å². The van der Waals surface area contributed by atoms with Crippen molar-refractivity contribution in [3.63, 3.8) is 0 Å². The highest BCUT2D eigenvalue weighted by Gasteiger charge is 2.16. The second-order valence-electron chi connectivity index (χ2n) is 6.11. The Hall–Kier alpha value is -3.15. The second-order valence-corrected chi connectivity index (χ2v) is 7.05. The highest BCUT2D eigenvalue weighted by atomic mass is 32.2. The molecule has 0 unspecified atom stereocenters. The number of aromatic nitrogens is 5. The molecule has 4 aromatic heterocycles. The van der Waals surface area contributed by atoms with Crippen LogP contribution in [-0.2, 0) is 17.0 Å². The molecule has 4 aromatic rings. The van der Waals surface area contributed by atoms with E-state index in [1.54, 1.807) is 31.3 Å². The number of ether oxygens (including phenoxy) is 1. The maximum atomic E-state index is 9.60. The van der Waals surface area contributed by atoms with Crippen molar-refractivity contribution >= 4 is 17.3 Å². The Balaban J connectivity index is 1.63. The van der Waals surface area contributed by atoms with Crippen LogP contribution in [0.15, 0.2) is 60.3 Å². The zero-order valence-corrected chi connectivity index (χ0v) is 16.1. The molecule has 0 N–H and O–H groups in total. The molecular weight excluding hydrogens is 372 g/mol. The van der Waals surface area contributed by atoms with Gasteiger partial charge in [-0.3, -0.25) is 9.55 Å². The van der Waals surface area contributed by atoms with E-state index in [0.717, 1.165) is 27.6 Å². The first kappa shape index (κ1) is 18.2. The van der Waals surface area contributed by atoms with Crippen molar-refractivity contribution in [2.75, 3.05) is 13.7 Å². The monoisotopic (exact) mass is 390 g/mol. The van der Waals surface area contributed by atoms with E-state index in [0.29, 0.717) is 24.5 Å². The van der Waals surface area contributed by atoms with Crippen molar-refractivity contribution in [3.05, 3.63) is 66.2 Å². The van der Waals surface area contributed by atoms with Crippen LogP contribution in [0.2, 0.25) is 0 Å². The van der Waals surface area contributed by atoms with E-state index in [1.165, 1.54) is 0 Å². The summed E-state index contributed by atoms with van der Waals surface area (Å²) in [4.78, 5) is 4.07. The van der Waals surface area contributed by atoms with Crippen LogP contribution in [0.25, 0.3) is 16.9 Å². The van der Waals surface area contributed by atoms with Crippen LogP contribution >= 0.6 is 11.8 Å². The van der Waals surface area contributed by atoms with Crippen molar-refractivity contribution < 1.29 is 4.74 Å². The van der Waals surface area contributed by atoms with Crippen LogP contribution in [-0.4, -0.2) is 37.9 Å². The summed E-state index contributed by atoms with van der Waals surface area (Å²) in [7, 11) is 1.68. The molecule has 140 valence electrons. The zero-order valence-electron chi connectivity index (χ0n) is 15.3. The van der Waals surface area contributed by atoms with Crippen LogP contribution in [0.3, 0.4) is 0 Å². The third-order valence-corrected chi connectivity index (χ3v) is 5.42. The van der Waals surface area contributed by atoms with Gasteiger partial charge in [-0.05, 0) is 29.8 Å². The maximum absolute atomic E-state index is 9.60. The molecular formula is C20H18N6OS. The smallest absolute Gasteiger partial charge is 0.191 e. The van der Waals surface area contributed by atoms with Gasteiger partial charge >= 0.3 is 0 Å². The molecule has 0 saturated carbocycles. The van der Waals surface area contributed by atoms with Crippen molar-refractivity contribution in [2.45, 2.75) is 17.5 Å². The molecule has 0 atom stereocenters. The Labute approximate surface area is 166 Å². The molecule has 0 bridgehead atoms. The van der Waals surface area contributed by atoms with Gasteiger partial charge in [0, 0.05) is 43.2 Å². The number of nitriles is 1. The van der Waals surface area contributed by atoms with Crippen LogP contribution in [0.1, 0.15) is 11.1 Å². The highest BCUT2D eigenvalue weighted by molar-refractivity contribution is 7.98. The average molecular weight is 390 g/mol. The van der Waals surface area contributed by atoms with Crippen LogP contribution in [0, 0.1) is 11.3 Å². The molecule has 0 fully saturated rings. The zero-order chi connectivity index (χ0) is 19.3. The Morgan fingerprint density at radius 2 is 2.04 bits per heavy atom. The highest BCUT2D eigenvalue weighted by Crippen LogP contribution is 2.29. The largest absolute Gasteiger partial charge is 0.383 e. The number of methoxy groups -OCH3 is 1. The summed E-state index contributed by atoms with van der Waals surface area (Å²) in [5, 5.41) is 19.1. The van der Waals surface area contributed by atoms with Crippen LogP contribution in [0.4, 0.5) is 0 Å². The first-order chi connectivity index (χ1) is 13.8. The predicted octanol–water partition coefficient (Wildman–Crippen LogP) is 3.40. The van der Waals surface area contributed by atoms with Crippen LogP contribution in [0.5, 0.6) is 0 Å². The lowest BCUT2D eigenvalue weighted by Gasteiger charge is -2.09. The summed E-state index contributed by atoms with van der Waals surface area (Å²) in [5.41, 5.74) is 3.55. The van der Waals surface area contributed by atoms with Gasteiger partial charge in [-0.15, -0.1) is 10.2 Å². The molecule has 4 heterocycles. The van der Waals surface area contributed by atoms with Gasteiger partial charge < -0.3 is 9.14 Å². The van der Waals surface area contributed by atoms with Gasteiger partial charge in [0.15, 0.2) is 11.0 Å². The molecule has 0 amide bonds. The summed E-state index contributed by atoms with van der Waals surface area (Å²) in [6.07, 6.45) is 7.43. The van der Waals surface area contributed by atoms with Crippen molar-refractivity contribution in [2.24, 2.45) is 0 Å². The first-order valence-corrected chi connectivity index (χ1v) is 9.74. The van der Waals surface area contributed by atoms with E-state index in [1.807, 2.05) is 51.7 Å². The molecule has 0 aliphatic rings. The molecule has 28 heavy (non-hydrogen) atoms. The Bertz CT molecular complexity index is 1130. The topological polar surface area (TPSA) is 81.0 Å². The third kappa shape index (κ3) is 3.50. The standard InChI is InChI=1S/C20H18N6OS/c1-27-11-10-26-19(15-5-7-22-8-6-15)23-24-20(26)28-14-16-13-25-9-3-2-4-18(25)17(16)12-21/h2-9,13H,10-11,14H2,1H3. The minimum absolute atomic E-state index is 0.559. The fourth-order valence-electron chi connectivity index (χ4n) is 3.05. The number of hydrogen-bond donors (Lipinski definition) is 0. The number of rotatable bonds is 7. The second kappa shape index (κ2) is 8.25. The van der Waals surface area contributed by atoms with Crippen LogP contribution < -0.4 is 0 Å². The summed E-state index contributed by atoms with van der Waals surface area (Å²) >= 11 is 1.56. The lowest BCUT2D eigenvalue weighted by atomic mass is 10.2. The van der Waals surface area contributed by atoms with Gasteiger partial charge in [-0.1, -0.05) is 17.8 Å². The summed E-state index contributed by atoms with van der Waals surface area (Å²) in [6.45, 7) is 1.20. The van der Waals surface area contributed by atoms with E-state index < -0.39 is 0 Å². The quantitative estimate of drug-likeness (QED) is 0.450. The Morgan fingerprint density at radius 1 is 1.18 bits per heavy atom. The molecule has 8 heteroatoms. The maximum Gasteiger partial charge on any atom is 0.191 e. The van der Waals surface area contributed by atoms with Crippen molar-refractivity contribution in [1.82, 2.24) is 24.1 Å². The molecule has 0 spiro atoms. The fraction of sp³-hybridized carbons (Fsp3) is 0.200. The van der Waals surface area contributed by atoms with E-state index in [2.05, 4.69) is 21.3 Å². The lowest BCUT2D eigenvalue weighted by Crippen LogP contribution is -2.07. The summed E-state index contributed by atoms with van der Waals surface area (Å²) in [6, 6.07) is 12.0. The molecule has 7 nitrogen and oxygen atoms in total. The minimum Gasteiger partial charge on any atom is -0.383 e. The van der Waals surface area contributed by atoms with Gasteiger partial charge in [0.05, 0.1) is 24.2 Å². The molecule has 0 radical (unpaired) electrons. The molecule has 0 aromatic carbocycles. The Kier molecular flexibility index (Phi) is 5.37. The molecule has 0 saturated heterocycles. The number of fused-ring (bicyclic) bond motifs is 1. The number of pyridine rings is 2. The van der Waals surface area contributed by atoms with E-state index >= 15 is 0 Å². The lowest BCUT2D eigenvalue weighted by molar-refractivity contribution is 0.185. The first-order valence-electron chi connectivity index (χ1n) is 8.76. The summed E-state index contributed by atoms with van der Waals surface area (Å²) in [5.74, 6) is 1.41.